The zero-order valence-electron chi connectivity index (χ0n) is 10.8. The van der Waals surface area contributed by atoms with Gasteiger partial charge in [-0.15, -0.1) is 0 Å². The fourth-order valence-corrected chi connectivity index (χ4v) is 1.59. The SMILES string of the molecule is Cc1cccc(OCc2cc(C(=O)NN)no2)c1C. The highest BCUT2D eigenvalue weighted by Crippen LogP contribution is 2.21. The number of aromatic nitrogens is 1. The van der Waals surface area contributed by atoms with Gasteiger partial charge in [-0.1, -0.05) is 17.3 Å². The smallest absolute Gasteiger partial charge is 0.287 e. The molecule has 0 aliphatic carbocycles. The van der Waals surface area contributed by atoms with Gasteiger partial charge in [-0.3, -0.25) is 10.2 Å². The van der Waals surface area contributed by atoms with Crippen molar-refractivity contribution in [3.63, 3.8) is 0 Å². The lowest BCUT2D eigenvalue weighted by Gasteiger charge is -2.08. The van der Waals surface area contributed by atoms with E-state index in [1.807, 2.05) is 37.5 Å². The van der Waals surface area contributed by atoms with E-state index < -0.39 is 5.91 Å². The monoisotopic (exact) mass is 261 g/mol. The molecule has 100 valence electrons. The predicted molar refractivity (Wildman–Crippen MR) is 68.4 cm³/mol. The average Bonchev–Trinajstić information content (AvgIpc) is 2.88. The maximum Gasteiger partial charge on any atom is 0.287 e. The predicted octanol–water partition coefficient (Wildman–Crippen LogP) is 1.47. The van der Waals surface area contributed by atoms with Gasteiger partial charge < -0.3 is 9.26 Å². The number of ether oxygens (including phenoxy) is 1. The summed E-state index contributed by atoms with van der Waals surface area (Å²) in [6.45, 7) is 4.20. The van der Waals surface area contributed by atoms with Crippen molar-refractivity contribution in [1.29, 1.82) is 0 Å². The second-order valence-electron chi connectivity index (χ2n) is 4.14. The van der Waals surface area contributed by atoms with Crippen molar-refractivity contribution < 1.29 is 14.1 Å². The Morgan fingerprint density at radius 1 is 1.47 bits per heavy atom. The van der Waals surface area contributed by atoms with Crippen LogP contribution in [-0.2, 0) is 6.61 Å². The molecule has 0 radical (unpaired) electrons. The molecule has 0 unspecified atom stereocenters. The number of nitrogens with two attached hydrogens (primary N) is 1. The first-order chi connectivity index (χ1) is 9.11. The van der Waals surface area contributed by atoms with Gasteiger partial charge in [0.2, 0.25) is 0 Å². The number of aryl methyl sites for hydroxylation is 1. The summed E-state index contributed by atoms with van der Waals surface area (Å²) in [5.74, 6) is 5.74. The molecule has 1 aromatic carbocycles. The molecule has 3 N–H and O–H groups in total. The number of rotatable bonds is 4. The van der Waals surface area contributed by atoms with Crippen LogP contribution in [0.2, 0.25) is 0 Å². The van der Waals surface area contributed by atoms with E-state index in [1.165, 1.54) is 6.07 Å². The van der Waals surface area contributed by atoms with E-state index in [0.29, 0.717) is 5.76 Å². The molecule has 0 spiro atoms. The topological polar surface area (TPSA) is 90.4 Å². The third kappa shape index (κ3) is 2.92. The van der Waals surface area contributed by atoms with Crippen molar-refractivity contribution in [1.82, 2.24) is 10.6 Å². The minimum Gasteiger partial charge on any atom is -0.485 e. The first-order valence-corrected chi connectivity index (χ1v) is 5.77. The lowest BCUT2D eigenvalue weighted by atomic mass is 10.1. The first kappa shape index (κ1) is 13.1. The zero-order chi connectivity index (χ0) is 13.8. The van der Waals surface area contributed by atoms with Gasteiger partial charge in [-0.05, 0) is 31.0 Å². The normalized spacial score (nSPS) is 10.3. The van der Waals surface area contributed by atoms with Crippen LogP contribution < -0.4 is 16.0 Å². The summed E-state index contributed by atoms with van der Waals surface area (Å²) in [5.41, 5.74) is 4.33. The molecule has 19 heavy (non-hydrogen) atoms. The van der Waals surface area contributed by atoms with E-state index in [9.17, 15) is 4.79 Å². The quantitative estimate of drug-likeness (QED) is 0.494. The lowest BCUT2D eigenvalue weighted by Crippen LogP contribution is -2.30. The Balaban J connectivity index is 2.04. The van der Waals surface area contributed by atoms with Crippen LogP contribution in [-0.4, -0.2) is 11.1 Å². The van der Waals surface area contributed by atoms with E-state index >= 15 is 0 Å². The van der Waals surface area contributed by atoms with Gasteiger partial charge in [-0.25, -0.2) is 5.84 Å². The molecule has 6 heteroatoms. The highest BCUT2D eigenvalue weighted by molar-refractivity contribution is 5.91. The van der Waals surface area contributed by atoms with E-state index in [4.69, 9.17) is 15.1 Å². The Kier molecular flexibility index (Phi) is 3.82. The van der Waals surface area contributed by atoms with Gasteiger partial charge in [0.15, 0.2) is 11.5 Å². The van der Waals surface area contributed by atoms with Gasteiger partial charge in [0.25, 0.3) is 5.91 Å². The van der Waals surface area contributed by atoms with Crippen LogP contribution in [0.3, 0.4) is 0 Å². The molecule has 1 aromatic heterocycles. The van der Waals surface area contributed by atoms with Gasteiger partial charge in [-0.2, -0.15) is 0 Å². The van der Waals surface area contributed by atoms with Gasteiger partial charge in [0, 0.05) is 6.07 Å². The number of benzene rings is 1. The molecule has 0 atom stereocenters. The van der Waals surface area contributed by atoms with Crippen LogP contribution in [0, 0.1) is 13.8 Å². The molecule has 0 bridgehead atoms. The molecule has 0 aliphatic heterocycles. The van der Waals surface area contributed by atoms with Crippen molar-refractivity contribution in [3.8, 4) is 5.75 Å². The fraction of sp³-hybridized carbons (Fsp3) is 0.231. The van der Waals surface area contributed by atoms with Crippen molar-refractivity contribution in [2.45, 2.75) is 20.5 Å². The van der Waals surface area contributed by atoms with Gasteiger partial charge in [0.1, 0.15) is 12.4 Å². The third-order valence-electron chi connectivity index (χ3n) is 2.85. The summed E-state index contributed by atoms with van der Waals surface area (Å²) in [6.07, 6.45) is 0. The molecule has 6 nitrogen and oxygen atoms in total. The van der Waals surface area contributed by atoms with Crippen LogP contribution >= 0.6 is 0 Å². The highest BCUT2D eigenvalue weighted by Gasteiger charge is 2.12. The Morgan fingerprint density at radius 2 is 2.26 bits per heavy atom. The summed E-state index contributed by atoms with van der Waals surface area (Å²) in [5, 5.41) is 3.59. The fourth-order valence-electron chi connectivity index (χ4n) is 1.59. The minimum absolute atomic E-state index is 0.127. The van der Waals surface area contributed by atoms with Crippen molar-refractivity contribution in [2.24, 2.45) is 5.84 Å². The summed E-state index contributed by atoms with van der Waals surface area (Å²) in [4.78, 5) is 11.2. The number of nitrogens with zero attached hydrogens (tertiary/aromatic N) is 1. The molecule has 0 aliphatic rings. The number of hydrogen-bond donors (Lipinski definition) is 2. The number of nitrogen functional groups attached to an aromatic ring is 1. The molecule has 0 saturated carbocycles. The number of amides is 1. The van der Waals surface area contributed by atoms with E-state index in [-0.39, 0.29) is 12.3 Å². The van der Waals surface area contributed by atoms with Crippen LogP contribution in [0.15, 0.2) is 28.8 Å². The van der Waals surface area contributed by atoms with Crippen molar-refractivity contribution >= 4 is 5.91 Å². The second-order valence-corrected chi connectivity index (χ2v) is 4.14. The molecule has 2 aromatic rings. The first-order valence-electron chi connectivity index (χ1n) is 5.77. The number of carbonyl (C=O) groups excluding carboxylic acids is 1. The number of nitrogens with one attached hydrogen (secondary N) is 1. The third-order valence-corrected chi connectivity index (χ3v) is 2.85. The molecular formula is C13H15N3O3. The number of hydrogen-bond acceptors (Lipinski definition) is 5. The summed E-state index contributed by atoms with van der Waals surface area (Å²) < 4.78 is 10.6. The van der Waals surface area contributed by atoms with E-state index in [0.717, 1.165) is 16.9 Å². The average molecular weight is 261 g/mol. The lowest BCUT2D eigenvalue weighted by molar-refractivity contribution is 0.0944. The Morgan fingerprint density at radius 3 is 3.00 bits per heavy atom. The van der Waals surface area contributed by atoms with Crippen molar-refractivity contribution in [3.05, 3.63) is 46.8 Å². The second kappa shape index (κ2) is 5.53. The molecule has 1 heterocycles. The molecule has 1 amide bonds. The zero-order valence-corrected chi connectivity index (χ0v) is 10.8. The maximum atomic E-state index is 11.2. The van der Waals surface area contributed by atoms with Crippen LogP contribution in [0.4, 0.5) is 0 Å². The van der Waals surface area contributed by atoms with Gasteiger partial charge >= 0.3 is 0 Å². The molecule has 0 saturated heterocycles. The molecular weight excluding hydrogens is 246 g/mol. The van der Waals surface area contributed by atoms with E-state index in [1.54, 1.807) is 0 Å². The molecule has 0 fully saturated rings. The Hall–Kier alpha value is -2.34. The Labute approximate surface area is 110 Å². The van der Waals surface area contributed by atoms with Crippen LogP contribution in [0.5, 0.6) is 5.75 Å². The maximum absolute atomic E-state index is 11.2. The standard InChI is InChI=1S/C13H15N3O3/c1-8-4-3-5-12(9(8)2)18-7-10-6-11(16-19-10)13(17)15-14/h3-6H,7,14H2,1-2H3,(H,15,17). The van der Waals surface area contributed by atoms with Crippen LogP contribution in [0.25, 0.3) is 0 Å². The number of carbonyl (C=O) groups is 1. The van der Waals surface area contributed by atoms with Crippen molar-refractivity contribution in [2.75, 3.05) is 0 Å². The highest BCUT2D eigenvalue weighted by atomic mass is 16.5. The number of hydrazine groups is 1. The van der Waals surface area contributed by atoms with Gasteiger partial charge in [0.05, 0.1) is 0 Å². The van der Waals surface area contributed by atoms with Crippen LogP contribution in [0.1, 0.15) is 27.4 Å². The summed E-state index contributed by atoms with van der Waals surface area (Å²) in [7, 11) is 0. The molecule has 2 rings (SSSR count). The summed E-state index contributed by atoms with van der Waals surface area (Å²) >= 11 is 0. The van der Waals surface area contributed by atoms with E-state index in [2.05, 4.69) is 5.16 Å². The Bertz CT molecular complexity index is 593. The largest absolute Gasteiger partial charge is 0.485 e. The minimum atomic E-state index is -0.498. The summed E-state index contributed by atoms with van der Waals surface area (Å²) in [6, 6.07) is 7.31.